The van der Waals surface area contributed by atoms with Gasteiger partial charge in [0.25, 0.3) is 15.7 Å². The number of rotatable bonds is 7. The zero-order valence-corrected chi connectivity index (χ0v) is 16.8. The molecule has 1 fully saturated rings. The number of furan rings is 1. The van der Waals surface area contributed by atoms with E-state index >= 15 is 0 Å². The third-order valence-corrected chi connectivity index (χ3v) is 6.26. The molecular formula is C18H21N3O7S. The number of carbonyl (C=O) groups excluding carboxylic acids is 1. The monoisotopic (exact) mass is 423 g/mol. The van der Waals surface area contributed by atoms with Crippen molar-refractivity contribution in [1.29, 1.82) is 0 Å². The normalized spacial score (nSPS) is 14.4. The largest absolute Gasteiger partial charge is 0.454 e. The van der Waals surface area contributed by atoms with E-state index in [0.29, 0.717) is 5.69 Å². The second-order valence-corrected chi connectivity index (χ2v) is 8.82. The van der Waals surface area contributed by atoms with Crippen LogP contribution in [0, 0.1) is 10.1 Å². The highest BCUT2D eigenvalue weighted by molar-refractivity contribution is 7.88. The molecule has 10 nitrogen and oxygen atoms in total. The van der Waals surface area contributed by atoms with Gasteiger partial charge in [-0.25, -0.2) is 17.5 Å². The topological polar surface area (TPSA) is 123 Å². The number of anilines is 1. The maximum absolute atomic E-state index is 12.3. The average Bonchev–Trinajstić information content (AvgIpc) is 3.37. The van der Waals surface area contributed by atoms with Crippen LogP contribution in [-0.2, 0) is 21.4 Å². The SMILES string of the molecule is CN(C)S(=O)(=O)c1ccc(COC(=O)c2ccc(N3CCCC3)c([N+](=O)[O-])c2)o1. The minimum Gasteiger partial charge on any atom is -0.454 e. The van der Waals surface area contributed by atoms with Crippen LogP contribution in [0.2, 0.25) is 0 Å². The molecule has 2 heterocycles. The minimum atomic E-state index is -3.73. The quantitative estimate of drug-likeness (QED) is 0.378. The van der Waals surface area contributed by atoms with Crippen molar-refractivity contribution in [3.05, 3.63) is 51.8 Å². The Morgan fingerprint density at radius 1 is 1.24 bits per heavy atom. The molecule has 2 aromatic rings. The zero-order valence-electron chi connectivity index (χ0n) is 16.0. The lowest BCUT2D eigenvalue weighted by Crippen LogP contribution is -2.21. The van der Waals surface area contributed by atoms with E-state index in [-0.39, 0.29) is 28.7 Å². The van der Waals surface area contributed by atoms with Gasteiger partial charge in [-0.15, -0.1) is 0 Å². The number of sulfonamides is 1. The third kappa shape index (κ3) is 4.40. The molecule has 1 aromatic heterocycles. The van der Waals surface area contributed by atoms with E-state index in [1.54, 1.807) is 6.07 Å². The van der Waals surface area contributed by atoms with Crippen LogP contribution < -0.4 is 4.90 Å². The molecule has 1 saturated heterocycles. The van der Waals surface area contributed by atoms with Crippen LogP contribution in [0.4, 0.5) is 11.4 Å². The molecule has 1 aliphatic rings. The molecule has 0 atom stereocenters. The van der Waals surface area contributed by atoms with E-state index in [1.165, 1.54) is 38.4 Å². The Kier molecular flexibility index (Phi) is 5.89. The molecule has 0 N–H and O–H groups in total. The van der Waals surface area contributed by atoms with Crippen LogP contribution >= 0.6 is 0 Å². The zero-order chi connectivity index (χ0) is 21.2. The standard InChI is InChI=1S/C18H21N3O7S/c1-19(2)29(25,26)17-8-6-14(28-17)12-27-18(22)13-5-7-15(16(11-13)21(23)24)20-9-3-4-10-20/h5-8,11H,3-4,9-10,12H2,1-2H3. The van der Waals surface area contributed by atoms with Crippen molar-refractivity contribution in [3.63, 3.8) is 0 Å². The van der Waals surface area contributed by atoms with Gasteiger partial charge in [-0.2, -0.15) is 0 Å². The van der Waals surface area contributed by atoms with Gasteiger partial charge in [0.2, 0.25) is 5.09 Å². The van der Waals surface area contributed by atoms with Crippen molar-refractivity contribution in [1.82, 2.24) is 4.31 Å². The van der Waals surface area contributed by atoms with E-state index in [1.807, 2.05) is 4.90 Å². The lowest BCUT2D eigenvalue weighted by molar-refractivity contribution is -0.384. The number of hydrogen-bond donors (Lipinski definition) is 0. The maximum Gasteiger partial charge on any atom is 0.338 e. The fourth-order valence-electron chi connectivity index (χ4n) is 3.00. The first-order valence-corrected chi connectivity index (χ1v) is 10.4. The Balaban J connectivity index is 1.72. The van der Waals surface area contributed by atoms with Crippen LogP contribution in [0.25, 0.3) is 0 Å². The molecule has 11 heteroatoms. The third-order valence-electron chi connectivity index (χ3n) is 4.57. The van der Waals surface area contributed by atoms with Gasteiger partial charge in [0.05, 0.1) is 10.5 Å². The lowest BCUT2D eigenvalue weighted by atomic mass is 10.1. The Bertz CT molecular complexity index is 1020. The van der Waals surface area contributed by atoms with Gasteiger partial charge in [0, 0.05) is 33.3 Å². The van der Waals surface area contributed by atoms with Gasteiger partial charge in [-0.05, 0) is 37.1 Å². The predicted molar refractivity (Wildman–Crippen MR) is 103 cm³/mol. The highest BCUT2D eigenvalue weighted by Gasteiger charge is 2.25. The number of nitro benzene ring substituents is 1. The molecule has 1 aromatic carbocycles. The molecule has 0 unspecified atom stereocenters. The first-order valence-electron chi connectivity index (χ1n) is 8.92. The highest BCUT2D eigenvalue weighted by atomic mass is 32.2. The number of esters is 1. The number of nitrogens with zero attached hydrogens (tertiary/aromatic N) is 3. The predicted octanol–water partition coefficient (Wildman–Crippen LogP) is 2.40. The summed E-state index contributed by atoms with van der Waals surface area (Å²) in [6, 6.07) is 6.89. The number of ether oxygens (including phenoxy) is 1. The summed E-state index contributed by atoms with van der Waals surface area (Å²) in [7, 11) is -0.986. The van der Waals surface area contributed by atoms with Gasteiger partial charge in [-0.1, -0.05) is 0 Å². The Hall–Kier alpha value is -2.92. The van der Waals surface area contributed by atoms with Crippen molar-refractivity contribution in [2.45, 2.75) is 24.5 Å². The highest BCUT2D eigenvalue weighted by Crippen LogP contribution is 2.32. The molecule has 0 amide bonds. The second kappa shape index (κ2) is 8.21. The molecule has 0 saturated carbocycles. The molecule has 0 bridgehead atoms. The van der Waals surface area contributed by atoms with Gasteiger partial charge < -0.3 is 14.1 Å². The lowest BCUT2D eigenvalue weighted by Gasteiger charge is -2.17. The summed E-state index contributed by atoms with van der Waals surface area (Å²) in [5.41, 5.74) is 0.361. The minimum absolute atomic E-state index is 0.0346. The van der Waals surface area contributed by atoms with Crippen LogP contribution in [-0.4, -0.2) is 50.8 Å². The van der Waals surface area contributed by atoms with Crippen molar-refractivity contribution in [3.8, 4) is 0 Å². The first kappa shape index (κ1) is 20.8. The number of benzene rings is 1. The van der Waals surface area contributed by atoms with Crippen molar-refractivity contribution >= 4 is 27.4 Å². The molecule has 29 heavy (non-hydrogen) atoms. The Morgan fingerprint density at radius 2 is 1.93 bits per heavy atom. The van der Waals surface area contributed by atoms with Gasteiger partial charge >= 0.3 is 5.97 Å². The van der Waals surface area contributed by atoms with Gasteiger partial charge in [-0.3, -0.25) is 10.1 Å². The van der Waals surface area contributed by atoms with E-state index in [4.69, 9.17) is 9.15 Å². The van der Waals surface area contributed by atoms with Crippen molar-refractivity contribution in [2.24, 2.45) is 0 Å². The summed E-state index contributed by atoms with van der Waals surface area (Å²) in [4.78, 5) is 25.1. The summed E-state index contributed by atoms with van der Waals surface area (Å²) in [5.74, 6) is -0.628. The summed E-state index contributed by atoms with van der Waals surface area (Å²) in [5, 5.41) is 11.2. The fourth-order valence-corrected chi connectivity index (χ4v) is 3.81. The first-order chi connectivity index (χ1) is 13.7. The number of carbonyl (C=O) groups is 1. The summed E-state index contributed by atoms with van der Waals surface area (Å²) in [6.07, 6.45) is 1.94. The van der Waals surface area contributed by atoms with E-state index in [9.17, 15) is 23.3 Å². The summed E-state index contributed by atoms with van der Waals surface area (Å²) in [6.45, 7) is 1.17. The molecule has 0 spiro atoms. The fraction of sp³-hybridized carbons (Fsp3) is 0.389. The van der Waals surface area contributed by atoms with Gasteiger partial charge in [0.1, 0.15) is 18.1 Å². The Labute approximate surface area is 167 Å². The van der Waals surface area contributed by atoms with Crippen LogP contribution in [0.1, 0.15) is 29.0 Å². The van der Waals surface area contributed by atoms with Crippen molar-refractivity contribution < 1.29 is 27.3 Å². The molecule has 3 rings (SSSR count). The van der Waals surface area contributed by atoms with Crippen LogP contribution in [0.3, 0.4) is 0 Å². The van der Waals surface area contributed by atoms with Gasteiger partial charge in [0.15, 0.2) is 0 Å². The average molecular weight is 423 g/mol. The molecule has 0 radical (unpaired) electrons. The molecule has 1 aliphatic heterocycles. The molecule has 0 aliphatic carbocycles. The van der Waals surface area contributed by atoms with Crippen LogP contribution in [0.5, 0.6) is 0 Å². The number of hydrogen-bond acceptors (Lipinski definition) is 8. The maximum atomic E-state index is 12.3. The van der Waals surface area contributed by atoms with Crippen molar-refractivity contribution in [2.75, 3.05) is 32.1 Å². The van der Waals surface area contributed by atoms with E-state index in [2.05, 4.69) is 0 Å². The second-order valence-electron chi connectivity index (χ2n) is 6.74. The summed E-state index contributed by atoms with van der Waals surface area (Å²) < 4.78 is 35.4. The molecular weight excluding hydrogens is 402 g/mol. The van der Waals surface area contributed by atoms with Crippen LogP contribution in [0.15, 0.2) is 39.8 Å². The number of nitro groups is 1. The Morgan fingerprint density at radius 3 is 2.55 bits per heavy atom. The molecule has 156 valence electrons. The smallest absolute Gasteiger partial charge is 0.338 e. The van der Waals surface area contributed by atoms with E-state index in [0.717, 1.165) is 30.2 Å². The van der Waals surface area contributed by atoms with E-state index < -0.39 is 20.9 Å². The summed E-state index contributed by atoms with van der Waals surface area (Å²) >= 11 is 0.